The summed E-state index contributed by atoms with van der Waals surface area (Å²) in [5, 5.41) is 0. The van der Waals surface area contributed by atoms with Crippen LogP contribution in [0.25, 0.3) is 0 Å². The van der Waals surface area contributed by atoms with Crippen molar-refractivity contribution in [2.24, 2.45) is 0 Å². The minimum atomic E-state index is 0. The van der Waals surface area contributed by atoms with Gasteiger partial charge in [0, 0.05) is 18.6 Å². The van der Waals surface area contributed by atoms with E-state index in [4.69, 9.17) is 0 Å². The topological polar surface area (TPSA) is 0 Å². The van der Waals surface area contributed by atoms with E-state index in [9.17, 15) is 0 Å². The second-order valence-corrected chi connectivity index (χ2v) is 0. The maximum absolute atomic E-state index is 0. The van der Waals surface area contributed by atoms with Crippen LogP contribution in [0.5, 0.6) is 0 Å². The number of hydrogen-bond acceptors (Lipinski definition) is 0. The largest absolute Gasteiger partial charge is 0.187 e. The van der Waals surface area contributed by atoms with Crippen molar-refractivity contribution in [2.45, 2.75) is 0 Å². The summed E-state index contributed by atoms with van der Waals surface area (Å²) in [6.07, 6.45) is 0. The molecular weight excluding hydrogens is 240 g/mol. The van der Waals surface area contributed by atoms with Crippen molar-refractivity contribution in [1.29, 1.82) is 0 Å². The van der Waals surface area contributed by atoms with Crippen LogP contribution in [0.3, 0.4) is 0 Å². The Morgan fingerprint density at radius 1 is 0.250 bits per heavy atom. The summed E-state index contributed by atoms with van der Waals surface area (Å²) in [7, 11) is 0. The van der Waals surface area contributed by atoms with Gasteiger partial charge in [0.25, 0.3) is 0 Å². The normalized spacial score (nSPS) is 0. The summed E-state index contributed by atoms with van der Waals surface area (Å²) in [6, 6.07) is 0. The van der Waals surface area contributed by atoms with Crippen LogP contribution in [-0.2, 0) is 18.6 Å². The van der Waals surface area contributed by atoms with E-state index in [1.807, 2.05) is 0 Å². The predicted octanol–water partition coefficient (Wildman–Crippen LogP) is -8.29. The van der Waals surface area contributed by atoms with Gasteiger partial charge in [0.05, 0.1) is 0 Å². The maximum atomic E-state index is 0. The molecule has 0 N–H and O–H groups in total. The molecule has 0 nitrogen and oxygen atoms in total. The molecule has 0 aliphatic heterocycles. The molecule has 0 saturated carbocycles. The van der Waals surface area contributed by atoms with Crippen LogP contribution in [0.15, 0.2) is 0 Å². The van der Waals surface area contributed by atoms with Crippen LogP contribution < -0.4 is 0 Å². The second kappa shape index (κ2) is 64.7. The molecule has 0 aromatic rings. The third-order valence-corrected chi connectivity index (χ3v) is 0. The summed E-state index contributed by atoms with van der Waals surface area (Å²) >= 11 is 0. The van der Waals surface area contributed by atoms with Crippen LogP contribution in [-0.4, -0.2) is 122 Å². The molecule has 0 saturated heterocycles. The average Bonchev–Trinajstić information content (AvgIpc) is 0. The molecule has 0 aromatic carbocycles. The summed E-state index contributed by atoms with van der Waals surface area (Å²) in [6.45, 7) is 0. The molecule has 8 heteroatoms. The quantitative estimate of drug-likeness (QED) is 0.380. The SMILES string of the molecule is [AlH3].[AlH3].[AlH3].[AlH3].[AlH3].[AlH3].[AlH3].[V]. The van der Waals surface area contributed by atoms with Crippen molar-refractivity contribution in [1.82, 2.24) is 0 Å². The van der Waals surface area contributed by atoms with Crippen LogP contribution >= 0.6 is 0 Å². The molecule has 0 atom stereocenters. The van der Waals surface area contributed by atoms with E-state index in [1.54, 1.807) is 0 Å². The Morgan fingerprint density at radius 3 is 0.250 bits per heavy atom. The molecule has 0 aromatic heterocycles. The molecule has 0 rings (SSSR count). The Kier molecular flexibility index (Phi) is 685. The maximum Gasteiger partial charge on any atom is 0.187 e. The van der Waals surface area contributed by atoms with E-state index in [1.165, 1.54) is 0 Å². The van der Waals surface area contributed by atoms with Crippen LogP contribution in [0.1, 0.15) is 0 Å². The molecule has 0 heterocycles. The van der Waals surface area contributed by atoms with Gasteiger partial charge in [-0.15, -0.1) is 0 Å². The van der Waals surface area contributed by atoms with E-state index in [-0.39, 0.29) is 140 Å². The molecular formula is H21Al7V. The van der Waals surface area contributed by atoms with Gasteiger partial charge < -0.3 is 0 Å². The van der Waals surface area contributed by atoms with Crippen molar-refractivity contribution in [2.75, 3.05) is 0 Å². The summed E-state index contributed by atoms with van der Waals surface area (Å²) in [4.78, 5) is 0. The van der Waals surface area contributed by atoms with E-state index < -0.39 is 0 Å². The smallest absolute Gasteiger partial charge is 0 e. The number of hydrogen-bond donors (Lipinski definition) is 0. The molecule has 0 aliphatic rings. The molecule has 0 aliphatic carbocycles. The minimum Gasteiger partial charge on any atom is 0 e. The Morgan fingerprint density at radius 2 is 0.250 bits per heavy atom. The van der Waals surface area contributed by atoms with E-state index in [0.717, 1.165) is 0 Å². The minimum absolute atomic E-state index is 0. The zero-order chi connectivity index (χ0) is 0. The Balaban J connectivity index is 0. The fourth-order valence-corrected chi connectivity index (χ4v) is 0. The van der Waals surface area contributed by atoms with Crippen LogP contribution in [0, 0.1) is 0 Å². The van der Waals surface area contributed by atoms with Gasteiger partial charge in [-0.25, -0.2) is 0 Å². The van der Waals surface area contributed by atoms with Crippen LogP contribution in [0.2, 0.25) is 0 Å². The van der Waals surface area contributed by atoms with Gasteiger partial charge in [-0.2, -0.15) is 0 Å². The first kappa shape index (κ1) is 84.7. The summed E-state index contributed by atoms with van der Waals surface area (Å²) in [5.74, 6) is 0. The van der Waals surface area contributed by atoms with Crippen molar-refractivity contribution < 1.29 is 18.6 Å². The van der Waals surface area contributed by atoms with E-state index in [2.05, 4.69) is 0 Å². The number of rotatable bonds is 0. The molecule has 0 spiro atoms. The molecule has 8 heavy (non-hydrogen) atoms. The van der Waals surface area contributed by atoms with Gasteiger partial charge in [0.1, 0.15) is 0 Å². The van der Waals surface area contributed by atoms with Gasteiger partial charge in [0.15, 0.2) is 122 Å². The van der Waals surface area contributed by atoms with Gasteiger partial charge in [-0.1, -0.05) is 0 Å². The van der Waals surface area contributed by atoms with E-state index in [0.29, 0.717) is 0 Å². The van der Waals surface area contributed by atoms with Crippen molar-refractivity contribution >= 4 is 122 Å². The van der Waals surface area contributed by atoms with Crippen molar-refractivity contribution in [3.05, 3.63) is 0 Å². The average molecular weight is 261 g/mol. The van der Waals surface area contributed by atoms with Crippen molar-refractivity contribution in [3.63, 3.8) is 0 Å². The van der Waals surface area contributed by atoms with Crippen LogP contribution in [0.4, 0.5) is 0 Å². The van der Waals surface area contributed by atoms with Gasteiger partial charge in [-0.3, -0.25) is 0 Å². The molecule has 0 amide bonds. The molecule has 0 fully saturated rings. The fraction of sp³-hybridized carbons (Fsp3) is 0. The first-order valence-corrected chi connectivity index (χ1v) is 0. The van der Waals surface area contributed by atoms with Gasteiger partial charge in [0.2, 0.25) is 0 Å². The Labute approximate surface area is 137 Å². The zero-order valence-corrected chi connectivity index (χ0v) is 1.84. The fourth-order valence-electron chi connectivity index (χ4n) is 0. The first-order valence-electron chi connectivity index (χ1n) is 0. The van der Waals surface area contributed by atoms with Crippen molar-refractivity contribution in [3.8, 4) is 0 Å². The third kappa shape index (κ3) is 48.1. The second-order valence-electron chi connectivity index (χ2n) is 0. The molecule has 47 valence electrons. The summed E-state index contributed by atoms with van der Waals surface area (Å²) in [5.41, 5.74) is 0. The monoisotopic (exact) mass is 261 g/mol. The summed E-state index contributed by atoms with van der Waals surface area (Å²) < 4.78 is 0. The first-order chi connectivity index (χ1) is 0. The molecule has 0 bridgehead atoms. The Hall–Kier alpha value is 4.31. The van der Waals surface area contributed by atoms with Gasteiger partial charge >= 0.3 is 0 Å². The Bertz CT molecular complexity index is 4.35. The predicted molar refractivity (Wildman–Crippen MR) is 69.6 cm³/mol. The molecule has 1 radical (unpaired) electrons. The van der Waals surface area contributed by atoms with E-state index >= 15 is 0 Å². The molecule has 0 unspecified atom stereocenters. The third-order valence-electron chi connectivity index (χ3n) is 0. The zero-order valence-electron chi connectivity index (χ0n) is 0.447. The van der Waals surface area contributed by atoms with Gasteiger partial charge in [-0.05, 0) is 0 Å². The standard InChI is InChI=1S/7Al.V.21H.